The molecule has 11 heteroatoms. The zero-order valence-corrected chi connectivity index (χ0v) is 24.1. The van der Waals surface area contributed by atoms with Crippen LogP contribution in [-0.4, -0.2) is 70.2 Å². The molecular weight excluding hydrogens is 532 g/mol. The van der Waals surface area contributed by atoms with Crippen molar-refractivity contribution in [2.24, 2.45) is 0 Å². The van der Waals surface area contributed by atoms with Crippen molar-refractivity contribution in [1.29, 1.82) is 0 Å². The van der Waals surface area contributed by atoms with Gasteiger partial charge in [-0.2, -0.15) is 4.98 Å². The Morgan fingerprint density at radius 1 is 1.14 bits per heavy atom. The molecule has 218 valence electrons. The minimum atomic E-state index is -0.314. The first kappa shape index (κ1) is 27.5. The average molecular weight is 569 g/mol. The number of likely N-dealkylation sites (N-methyl/N-ethyl adjacent to an activating group) is 1. The lowest BCUT2D eigenvalue weighted by atomic mass is 10.0. The highest BCUT2D eigenvalue weighted by Crippen LogP contribution is 2.38. The van der Waals surface area contributed by atoms with Gasteiger partial charge in [0.2, 0.25) is 11.9 Å². The van der Waals surface area contributed by atoms with Gasteiger partial charge >= 0.3 is 5.69 Å². The van der Waals surface area contributed by atoms with Crippen LogP contribution in [0.1, 0.15) is 24.8 Å². The molecule has 0 aliphatic carbocycles. The van der Waals surface area contributed by atoms with Crippen LogP contribution in [0.5, 0.6) is 5.75 Å². The minimum Gasteiger partial charge on any atom is -0.494 e. The Labute approximate surface area is 244 Å². The van der Waals surface area contributed by atoms with Gasteiger partial charge < -0.3 is 25.2 Å². The number of methoxy groups -OCH3 is 1. The minimum absolute atomic E-state index is 0.116. The largest absolute Gasteiger partial charge is 0.494 e. The first-order valence-electron chi connectivity index (χ1n) is 14.4. The maximum absolute atomic E-state index is 13.5. The van der Waals surface area contributed by atoms with Crippen molar-refractivity contribution in [2.75, 3.05) is 55.9 Å². The van der Waals surface area contributed by atoms with Crippen LogP contribution in [0, 0.1) is 0 Å². The fourth-order valence-corrected chi connectivity index (χ4v) is 5.96. The molecule has 0 unspecified atom stereocenters. The summed E-state index contributed by atoms with van der Waals surface area (Å²) in [6.07, 6.45) is 7.22. The summed E-state index contributed by atoms with van der Waals surface area (Å²) in [6.45, 7) is 8.26. The van der Waals surface area contributed by atoms with Gasteiger partial charge in [-0.1, -0.05) is 18.7 Å². The van der Waals surface area contributed by atoms with E-state index in [0.29, 0.717) is 35.4 Å². The van der Waals surface area contributed by atoms with Crippen LogP contribution in [0.25, 0.3) is 16.9 Å². The van der Waals surface area contributed by atoms with Crippen molar-refractivity contribution in [2.45, 2.75) is 32.2 Å². The summed E-state index contributed by atoms with van der Waals surface area (Å²) in [5.74, 6) is 1.01. The molecule has 0 bridgehead atoms. The van der Waals surface area contributed by atoms with Crippen molar-refractivity contribution >= 4 is 40.0 Å². The van der Waals surface area contributed by atoms with Crippen molar-refractivity contribution in [1.82, 2.24) is 24.0 Å². The second-order valence-corrected chi connectivity index (χ2v) is 10.8. The zero-order chi connectivity index (χ0) is 29.2. The summed E-state index contributed by atoms with van der Waals surface area (Å²) in [4.78, 5) is 39.5. The molecule has 1 amide bonds. The lowest BCUT2D eigenvalue weighted by Gasteiger charge is -2.26. The SMILES string of the molecule is C=CC(=O)Nc1cc(Nc2nccc(-n3c(=O)n4c5c(cccc53)CCC4)n2)c(OC)cc1N(C)CCN1CCCC1. The van der Waals surface area contributed by atoms with Crippen molar-refractivity contribution in [3.8, 4) is 11.6 Å². The van der Waals surface area contributed by atoms with Gasteiger partial charge in [0.1, 0.15) is 11.6 Å². The van der Waals surface area contributed by atoms with Gasteiger partial charge in [0.15, 0.2) is 0 Å². The number of carbonyl (C=O) groups excluding carboxylic acids is 1. The fourth-order valence-electron chi connectivity index (χ4n) is 5.96. The summed E-state index contributed by atoms with van der Waals surface area (Å²) in [5.41, 5.74) is 4.85. The summed E-state index contributed by atoms with van der Waals surface area (Å²) in [5, 5.41) is 6.18. The van der Waals surface area contributed by atoms with E-state index in [-0.39, 0.29) is 11.6 Å². The lowest BCUT2D eigenvalue weighted by Crippen LogP contribution is -2.32. The number of anilines is 4. The van der Waals surface area contributed by atoms with E-state index in [2.05, 4.69) is 38.1 Å². The van der Waals surface area contributed by atoms with Gasteiger partial charge in [0, 0.05) is 45.0 Å². The number of benzene rings is 2. The van der Waals surface area contributed by atoms with Gasteiger partial charge in [-0.05, 0) is 62.5 Å². The van der Waals surface area contributed by atoms with Crippen LogP contribution in [-0.2, 0) is 17.8 Å². The topological polar surface area (TPSA) is 110 Å². The number of ether oxygens (including phenoxy) is 1. The molecule has 2 aliphatic heterocycles. The molecule has 42 heavy (non-hydrogen) atoms. The molecule has 2 aromatic heterocycles. The number of nitrogens with one attached hydrogen (secondary N) is 2. The van der Waals surface area contributed by atoms with Crippen molar-refractivity contribution < 1.29 is 9.53 Å². The van der Waals surface area contributed by atoms with Crippen LogP contribution in [0.2, 0.25) is 0 Å². The molecule has 2 aromatic carbocycles. The number of likely N-dealkylation sites (tertiary alicyclic amines) is 1. The Bertz CT molecular complexity index is 1700. The quantitative estimate of drug-likeness (QED) is 0.277. The number of carbonyl (C=O) groups is 1. The van der Waals surface area contributed by atoms with Gasteiger partial charge in [0.25, 0.3) is 0 Å². The Kier molecular flexibility index (Phi) is 7.66. The molecule has 0 spiro atoms. The monoisotopic (exact) mass is 568 g/mol. The molecule has 2 N–H and O–H groups in total. The second-order valence-electron chi connectivity index (χ2n) is 10.8. The van der Waals surface area contributed by atoms with Gasteiger partial charge in [-0.25, -0.2) is 14.3 Å². The van der Waals surface area contributed by atoms with Crippen molar-refractivity contribution in [3.05, 3.63) is 71.3 Å². The number of hydrogen-bond acceptors (Lipinski definition) is 8. The second kappa shape index (κ2) is 11.7. The smallest absolute Gasteiger partial charge is 0.334 e. The third-order valence-corrected chi connectivity index (χ3v) is 8.10. The Morgan fingerprint density at radius 2 is 1.98 bits per heavy atom. The highest BCUT2D eigenvalue weighted by molar-refractivity contribution is 6.02. The Hall–Kier alpha value is -4.64. The maximum Gasteiger partial charge on any atom is 0.334 e. The van der Waals surface area contributed by atoms with E-state index in [1.807, 2.05) is 35.9 Å². The third-order valence-electron chi connectivity index (χ3n) is 8.10. The van der Waals surface area contributed by atoms with Crippen LogP contribution < -0.4 is 26.0 Å². The normalized spacial score (nSPS) is 14.6. The third kappa shape index (κ3) is 5.23. The fraction of sp³-hybridized carbons (Fsp3) is 0.355. The predicted molar refractivity (Wildman–Crippen MR) is 165 cm³/mol. The number of rotatable bonds is 10. The number of para-hydroxylation sites is 1. The Balaban J connectivity index is 1.34. The van der Waals surface area contributed by atoms with E-state index in [4.69, 9.17) is 9.72 Å². The van der Waals surface area contributed by atoms with Crippen LogP contribution >= 0.6 is 0 Å². The molecule has 0 radical (unpaired) electrons. The van der Waals surface area contributed by atoms with E-state index < -0.39 is 0 Å². The molecule has 11 nitrogen and oxygen atoms in total. The van der Waals surface area contributed by atoms with Crippen LogP contribution in [0.4, 0.5) is 23.0 Å². The van der Waals surface area contributed by atoms with E-state index in [9.17, 15) is 9.59 Å². The summed E-state index contributed by atoms with van der Waals surface area (Å²) >= 11 is 0. The average Bonchev–Trinajstić information content (AvgIpc) is 3.63. The number of amides is 1. The summed E-state index contributed by atoms with van der Waals surface area (Å²) < 4.78 is 9.23. The van der Waals surface area contributed by atoms with Crippen LogP contribution in [0.3, 0.4) is 0 Å². The molecule has 1 fully saturated rings. The molecular formula is C31H36N8O3. The number of aromatic nitrogens is 4. The van der Waals surface area contributed by atoms with E-state index in [1.54, 1.807) is 23.9 Å². The number of hydrogen-bond donors (Lipinski definition) is 2. The van der Waals surface area contributed by atoms with E-state index in [1.165, 1.54) is 24.5 Å². The molecule has 0 atom stereocenters. The molecule has 6 rings (SSSR count). The van der Waals surface area contributed by atoms with Gasteiger partial charge in [0.05, 0.1) is 35.2 Å². The summed E-state index contributed by atoms with van der Waals surface area (Å²) in [7, 11) is 3.60. The maximum atomic E-state index is 13.5. The highest BCUT2D eigenvalue weighted by atomic mass is 16.5. The molecule has 4 aromatic rings. The zero-order valence-electron chi connectivity index (χ0n) is 24.1. The van der Waals surface area contributed by atoms with Gasteiger partial charge in [-0.15, -0.1) is 0 Å². The highest BCUT2D eigenvalue weighted by Gasteiger charge is 2.22. The summed E-state index contributed by atoms with van der Waals surface area (Å²) in [6, 6.07) is 11.4. The lowest BCUT2D eigenvalue weighted by molar-refractivity contribution is -0.111. The number of nitrogens with zero attached hydrogens (tertiary/aromatic N) is 6. The molecule has 1 saturated heterocycles. The van der Waals surface area contributed by atoms with Crippen LogP contribution in [0.15, 0.2) is 60.0 Å². The van der Waals surface area contributed by atoms with E-state index >= 15 is 0 Å². The van der Waals surface area contributed by atoms with Gasteiger partial charge in [-0.3, -0.25) is 9.36 Å². The first-order chi connectivity index (χ1) is 20.5. The Morgan fingerprint density at radius 3 is 2.76 bits per heavy atom. The first-order valence-corrected chi connectivity index (χ1v) is 14.4. The number of imidazole rings is 1. The number of aryl methyl sites for hydroxylation is 2. The molecule has 0 saturated carbocycles. The standard InChI is InChI=1S/C31H36N8O3/c1-4-28(40)33-22-19-23(26(42-3)20-25(22)36(2)17-18-37-14-5-6-15-37)34-30-32-13-12-27(35-30)39-24-11-7-9-21-10-8-16-38(29(21)24)31(39)41/h4,7,9,11-13,19-20H,1,5-6,8,10,14-18H2,2-3H3,(H,33,40)(H,32,34,35). The van der Waals surface area contributed by atoms with Crippen molar-refractivity contribution in [3.63, 3.8) is 0 Å². The molecule has 4 heterocycles. The molecule has 2 aliphatic rings. The predicted octanol–water partition coefficient (Wildman–Crippen LogP) is 3.94. The van der Waals surface area contributed by atoms with E-state index in [0.717, 1.165) is 55.7 Å².